The summed E-state index contributed by atoms with van der Waals surface area (Å²) in [5, 5.41) is 8.85. The van der Waals surface area contributed by atoms with E-state index in [1.807, 2.05) is 42.5 Å². The number of carbonyl (C=O) groups excluding carboxylic acids is 1. The third-order valence-corrected chi connectivity index (χ3v) is 6.25. The molecule has 0 aliphatic carbocycles. The average molecular weight is 425 g/mol. The van der Waals surface area contributed by atoms with E-state index in [0.717, 1.165) is 20.6 Å². The van der Waals surface area contributed by atoms with Gasteiger partial charge in [-0.1, -0.05) is 36.4 Å². The van der Waals surface area contributed by atoms with Crippen molar-refractivity contribution in [2.24, 2.45) is 0 Å². The molecule has 4 rings (SSSR count). The number of hydrogen-bond acceptors (Lipinski definition) is 6. The highest BCUT2D eigenvalue weighted by Crippen LogP contribution is 2.24. The molecule has 0 saturated carbocycles. The number of rotatable bonds is 6. The zero-order valence-electron chi connectivity index (χ0n) is 16.3. The molecule has 1 N–H and O–H groups in total. The van der Waals surface area contributed by atoms with Crippen LogP contribution in [0.5, 0.6) is 0 Å². The second-order valence-electron chi connectivity index (χ2n) is 6.81. The molecule has 0 aliphatic rings. The molecular weight excluding hydrogens is 406 g/mol. The van der Waals surface area contributed by atoms with Gasteiger partial charge in [-0.15, -0.1) is 0 Å². The maximum Gasteiger partial charge on any atom is 0.356 e. The molecule has 0 spiro atoms. The number of aromatic amines is 1. The van der Waals surface area contributed by atoms with Gasteiger partial charge in [0.05, 0.1) is 5.69 Å². The number of furan rings is 1. The van der Waals surface area contributed by atoms with Crippen LogP contribution in [-0.4, -0.2) is 43.0 Å². The minimum absolute atomic E-state index is 0.186. The predicted octanol–water partition coefficient (Wildman–Crippen LogP) is 3.43. The number of ether oxygens (including phenoxy) is 1. The molecule has 4 aromatic rings. The van der Waals surface area contributed by atoms with Crippen LogP contribution in [0.1, 0.15) is 16.2 Å². The number of nitrogens with one attached hydrogen (secondary N) is 1. The van der Waals surface area contributed by atoms with Gasteiger partial charge in [0.1, 0.15) is 18.1 Å². The fraction of sp³-hybridized carbons (Fsp3) is 0.143. The minimum atomic E-state index is -3.68. The molecule has 30 heavy (non-hydrogen) atoms. The Hall–Kier alpha value is -3.43. The van der Waals surface area contributed by atoms with E-state index in [2.05, 4.69) is 10.2 Å². The lowest BCUT2D eigenvalue weighted by Gasteiger charge is -2.07. The Bertz CT molecular complexity index is 1320. The van der Waals surface area contributed by atoms with Crippen molar-refractivity contribution >= 4 is 26.8 Å². The zero-order valence-corrected chi connectivity index (χ0v) is 17.1. The van der Waals surface area contributed by atoms with Gasteiger partial charge >= 0.3 is 5.97 Å². The van der Waals surface area contributed by atoms with E-state index in [9.17, 15) is 13.2 Å². The number of hydrogen-bond donors (Lipinski definition) is 1. The van der Waals surface area contributed by atoms with Crippen LogP contribution >= 0.6 is 0 Å². The number of benzene rings is 2. The Kier molecular flexibility index (Phi) is 5.15. The summed E-state index contributed by atoms with van der Waals surface area (Å²) in [6, 6.07) is 18.3. The van der Waals surface area contributed by atoms with Gasteiger partial charge < -0.3 is 9.15 Å². The maximum absolute atomic E-state index is 12.3. The third kappa shape index (κ3) is 3.85. The summed E-state index contributed by atoms with van der Waals surface area (Å²) in [5.74, 6) is -0.402. The van der Waals surface area contributed by atoms with Crippen molar-refractivity contribution in [1.29, 1.82) is 0 Å². The largest absolute Gasteiger partial charge is 0.453 e. The van der Waals surface area contributed by atoms with E-state index < -0.39 is 16.0 Å². The monoisotopic (exact) mass is 425 g/mol. The number of nitrogens with zero attached hydrogens (tertiary/aromatic N) is 2. The van der Waals surface area contributed by atoms with Crippen LogP contribution in [0.2, 0.25) is 0 Å². The molecule has 2 aromatic heterocycles. The first-order chi connectivity index (χ1) is 14.3. The van der Waals surface area contributed by atoms with Gasteiger partial charge in [0.2, 0.25) is 5.09 Å². The van der Waals surface area contributed by atoms with Gasteiger partial charge in [-0.2, -0.15) is 5.10 Å². The Morgan fingerprint density at radius 3 is 2.60 bits per heavy atom. The molecule has 154 valence electrons. The fourth-order valence-electron chi connectivity index (χ4n) is 2.89. The van der Waals surface area contributed by atoms with Crippen molar-refractivity contribution in [1.82, 2.24) is 14.5 Å². The molecule has 2 aromatic carbocycles. The molecule has 0 amide bonds. The van der Waals surface area contributed by atoms with E-state index in [0.29, 0.717) is 5.69 Å². The number of aromatic nitrogens is 2. The van der Waals surface area contributed by atoms with Crippen molar-refractivity contribution in [3.63, 3.8) is 0 Å². The van der Waals surface area contributed by atoms with Crippen LogP contribution in [0.4, 0.5) is 0 Å². The first-order valence-corrected chi connectivity index (χ1v) is 10.5. The second-order valence-corrected chi connectivity index (χ2v) is 8.90. The Morgan fingerprint density at radius 1 is 1.07 bits per heavy atom. The topological polar surface area (TPSA) is 105 Å². The lowest BCUT2D eigenvalue weighted by atomic mass is 10.1. The molecule has 8 nitrogen and oxygen atoms in total. The molecule has 0 unspecified atom stereocenters. The Morgan fingerprint density at radius 2 is 1.83 bits per heavy atom. The fourth-order valence-corrected chi connectivity index (χ4v) is 3.70. The maximum atomic E-state index is 12.3. The Labute approximate surface area is 173 Å². The van der Waals surface area contributed by atoms with Gasteiger partial charge in [0.15, 0.2) is 0 Å². The van der Waals surface area contributed by atoms with Crippen LogP contribution < -0.4 is 0 Å². The Balaban J connectivity index is 1.45. The SMILES string of the molecule is CN(C)S(=O)(=O)c1ccc(COC(=O)c2cc(-c3ccc4ccccc4c3)n[nH]2)o1. The zero-order chi connectivity index (χ0) is 21.3. The molecule has 0 atom stereocenters. The van der Waals surface area contributed by atoms with Crippen molar-refractivity contribution < 1.29 is 22.4 Å². The van der Waals surface area contributed by atoms with E-state index in [1.54, 1.807) is 6.07 Å². The van der Waals surface area contributed by atoms with Gasteiger partial charge in [-0.25, -0.2) is 17.5 Å². The van der Waals surface area contributed by atoms with Crippen molar-refractivity contribution in [2.45, 2.75) is 11.7 Å². The van der Waals surface area contributed by atoms with E-state index in [4.69, 9.17) is 9.15 Å². The molecule has 0 aliphatic heterocycles. The normalized spacial score (nSPS) is 11.8. The summed E-state index contributed by atoms with van der Waals surface area (Å²) < 4.78 is 35.6. The highest BCUT2D eigenvalue weighted by atomic mass is 32.2. The highest BCUT2D eigenvalue weighted by Gasteiger charge is 2.22. The number of carbonyl (C=O) groups is 1. The van der Waals surface area contributed by atoms with Gasteiger partial charge in [-0.05, 0) is 35.0 Å². The van der Waals surface area contributed by atoms with E-state index in [1.165, 1.54) is 26.2 Å². The van der Waals surface area contributed by atoms with Crippen LogP contribution in [0.3, 0.4) is 0 Å². The van der Waals surface area contributed by atoms with Crippen molar-refractivity contribution in [2.75, 3.05) is 14.1 Å². The molecule has 2 heterocycles. The lowest BCUT2D eigenvalue weighted by Crippen LogP contribution is -2.21. The summed E-state index contributed by atoms with van der Waals surface area (Å²) in [7, 11) is -0.868. The molecule has 0 bridgehead atoms. The van der Waals surface area contributed by atoms with Crippen molar-refractivity contribution in [3.05, 3.63) is 72.1 Å². The van der Waals surface area contributed by atoms with E-state index >= 15 is 0 Å². The van der Waals surface area contributed by atoms with Crippen molar-refractivity contribution in [3.8, 4) is 11.3 Å². The third-order valence-electron chi connectivity index (χ3n) is 4.56. The van der Waals surface area contributed by atoms with Gasteiger partial charge in [-0.3, -0.25) is 5.10 Å². The summed E-state index contributed by atoms with van der Waals surface area (Å²) in [5.41, 5.74) is 1.67. The minimum Gasteiger partial charge on any atom is -0.453 e. The predicted molar refractivity (Wildman–Crippen MR) is 110 cm³/mol. The number of esters is 1. The number of fused-ring (bicyclic) bond motifs is 1. The average Bonchev–Trinajstić information content (AvgIpc) is 3.42. The summed E-state index contributed by atoms with van der Waals surface area (Å²) in [6.07, 6.45) is 0. The number of sulfonamides is 1. The second kappa shape index (κ2) is 7.77. The van der Waals surface area contributed by atoms with Crippen LogP contribution in [0.15, 0.2) is 70.2 Å². The van der Waals surface area contributed by atoms with Gasteiger partial charge in [0.25, 0.3) is 10.0 Å². The van der Waals surface area contributed by atoms with Gasteiger partial charge in [0, 0.05) is 19.7 Å². The highest BCUT2D eigenvalue weighted by molar-refractivity contribution is 7.88. The molecular formula is C21H19N3O5S. The standard InChI is InChI=1S/C21H19N3O5S/c1-24(2)30(26,27)20-10-9-17(29-20)13-28-21(25)19-12-18(22-23-19)16-8-7-14-5-3-4-6-15(14)11-16/h3-12H,13H2,1-2H3,(H,22,23). The smallest absolute Gasteiger partial charge is 0.356 e. The number of H-pyrrole nitrogens is 1. The molecule has 9 heteroatoms. The molecule has 0 saturated heterocycles. The van der Waals surface area contributed by atoms with Crippen LogP contribution in [0, 0.1) is 0 Å². The van der Waals surface area contributed by atoms with E-state index in [-0.39, 0.29) is 23.2 Å². The summed E-state index contributed by atoms with van der Waals surface area (Å²) in [4.78, 5) is 12.3. The summed E-state index contributed by atoms with van der Waals surface area (Å²) in [6.45, 7) is -0.202. The lowest BCUT2D eigenvalue weighted by molar-refractivity contribution is 0.0433. The van der Waals surface area contributed by atoms with Crippen LogP contribution in [-0.2, 0) is 21.4 Å². The quantitative estimate of drug-likeness (QED) is 0.475. The molecule has 0 fully saturated rings. The first-order valence-electron chi connectivity index (χ1n) is 9.07. The summed E-state index contributed by atoms with van der Waals surface area (Å²) >= 11 is 0. The first kappa shape index (κ1) is 19.9. The van der Waals surface area contributed by atoms with Crippen LogP contribution in [0.25, 0.3) is 22.0 Å². The molecule has 0 radical (unpaired) electrons.